The highest BCUT2D eigenvalue weighted by atomic mass is 16.4. The lowest BCUT2D eigenvalue weighted by Gasteiger charge is -1.97. The number of amides is 2. The van der Waals surface area contributed by atoms with Crippen molar-refractivity contribution in [2.75, 3.05) is 6.54 Å². The summed E-state index contributed by atoms with van der Waals surface area (Å²) in [7, 11) is 0. The van der Waals surface area contributed by atoms with Gasteiger partial charge in [0.05, 0.1) is 6.54 Å². The van der Waals surface area contributed by atoms with Gasteiger partial charge < -0.3 is 10.4 Å². The molecule has 0 saturated carbocycles. The molecule has 2 N–H and O–H groups in total. The highest BCUT2D eigenvalue weighted by molar-refractivity contribution is 5.86. The Morgan fingerprint density at radius 3 is 2.78 bits per heavy atom. The zero-order valence-electron chi connectivity index (χ0n) is 4.50. The van der Waals surface area contributed by atoms with Crippen LogP contribution in [0.4, 0.5) is 4.79 Å². The number of hydrogen-bond acceptors (Lipinski definition) is 2. The lowest BCUT2D eigenvalue weighted by atomic mass is 10.3. The van der Waals surface area contributed by atoms with Crippen LogP contribution in [0.1, 0.15) is 0 Å². The molecule has 1 aliphatic heterocycles. The molecule has 5 heteroatoms. The summed E-state index contributed by atoms with van der Waals surface area (Å²) in [5, 5.41) is 13.7. The smallest absolute Gasteiger partial charge is 0.337 e. The second kappa shape index (κ2) is 1.93. The van der Waals surface area contributed by atoms with E-state index in [2.05, 4.69) is 10.6 Å². The fourth-order valence-corrected chi connectivity index (χ4v) is 0.554. The van der Waals surface area contributed by atoms with E-state index in [4.69, 9.17) is 5.11 Å². The Labute approximate surface area is 51.0 Å². The maximum absolute atomic E-state index is 10.2. The van der Waals surface area contributed by atoms with Crippen LogP contribution in [0.5, 0.6) is 0 Å². The molecular weight excluding hydrogens is 124 g/mol. The number of carbonyl (C=O) groups excluding carboxylic acids is 1. The van der Waals surface area contributed by atoms with E-state index in [1.54, 1.807) is 0 Å². The fourth-order valence-electron chi connectivity index (χ4n) is 0.554. The first-order valence-electron chi connectivity index (χ1n) is 2.41. The van der Waals surface area contributed by atoms with Crippen molar-refractivity contribution in [2.24, 2.45) is 0 Å². The molecule has 1 atom stereocenters. The first-order valence-corrected chi connectivity index (χ1v) is 2.41. The molecule has 1 radical (unpaired) electrons. The van der Waals surface area contributed by atoms with Gasteiger partial charge in [0.15, 0.2) is 0 Å². The molecule has 1 unspecified atom stereocenters. The summed E-state index contributed by atoms with van der Waals surface area (Å²) in [5.41, 5.74) is 0. The molecule has 2 amide bonds. The standard InChI is InChI=1S/C4H5N2O3/c7-3(8)2-1-5-4(9)6-2/h2H,1H2,(H,6,9)(H,7,8). The number of rotatable bonds is 1. The zero-order valence-corrected chi connectivity index (χ0v) is 4.50. The van der Waals surface area contributed by atoms with E-state index in [0.717, 1.165) is 0 Å². The number of carbonyl (C=O) groups is 2. The van der Waals surface area contributed by atoms with Gasteiger partial charge >= 0.3 is 12.0 Å². The maximum Gasteiger partial charge on any atom is 0.337 e. The predicted molar refractivity (Wildman–Crippen MR) is 27.0 cm³/mol. The summed E-state index contributed by atoms with van der Waals surface area (Å²) < 4.78 is 0. The van der Waals surface area contributed by atoms with E-state index in [1.165, 1.54) is 0 Å². The zero-order chi connectivity index (χ0) is 6.85. The molecule has 1 aliphatic rings. The molecule has 0 aliphatic carbocycles. The van der Waals surface area contributed by atoms with Crippen LogP contribution in [0.25, 0.3) is 0 Å². The molecule has 0 aromatic heterocycles. The number of hydrogen-bond donors (Lipinski definition) is 2. The maximum atomic E-state index is 10.2. The van der Waals surface area contributed by atoms with Gasteiger partial charge in [-0.15, -0.1) is 0 Å². The molecule has 0 aromatic rings. The van der Waals surface area contributed by atoms with Gasteiger partial charge in [0.1, 0.15) is 6.04 Å². The van der Waals surface area contributed by atoms with Crippen molar-refractivity contribution in [1.29, 1.82) is 0 Å². The van der Waals surface area contributed by atoms with Crippen LogP contribution in [-0.2, 0) is 4.79 Å². The summed E-state index contributed by atoms with van der Waals surface area (Å²) in [4.78, 5) is 20.3. The first-order chi connectivity index (χ1) is 4.20. The Hall–Kier alpha value is -1.26. The van der Waals surface area contributed by atoms with Crippen LogP contribution in [-0.4, -0.2) is 29.7 Å². The minimum atomic E-state index is -1.04. The molecule has 1 heterocycles. The third kappa shape index (κ3) is 1.10. The highest BCUT2D eigenvalue weighted by Gasteiger charge is 2.27. The molecule has 49 valence electrons. The lowest BCUT2D eigenvalue weighted by Crippen LogP contribution is -2.33. The van der Waals surface area contributed by atoms with E-state index < -0.39 is 18.0 Å². The van der Waals surface area contributed by atoms with Crippen molar-refractivity contribution in [3.63, 3.8) is 0 Å². The largest absolute Gasteiger partial charge is 0.480 e. The summed E-state index contributed by atoms with van der Waals surface area (Å²) in [5.74, 6) is -1.04. The van der Waals surface area contributed by atoms with Crippen molar-refractivity contribution in [1.82, 2.24) is 10.6 Å². The number of carboxylic acid groups (broad SMARTS) is 1. The minimum absolute atomic E-state index is 0.0498. The van der Waals surface area contributed by atoms with Gasteiger partial charge in [-0.05, 0) is 0 Å². The van der Waals surface area contributed by atoms with Crippen molar-refractivity contribution < 1.29 is 14.7 Å². The Bertz CT molecular complexity index is 156. The average molecular weight is 129 g/mol. The summed E-state index contributed by atoms with van der Waals surface area (Å²) >= 11 is 0. The SMILES string of the molecule is O=C1[N]CC(C(=O)O)N1. The summed E-state index contributed by atoms with van der Waals surface area (Å²) in [6.45, 7) is 0.0498. The van der Waals surface area contributed by atoms with Gasteiger partial charge in [0, 0.05) is 0 Å². The van der Waals surface area contributed by atoms with E-state index in [9.17, 15) is 9.59 Å². The monoisotopic (exact) mass is 129 g/mol. The fraction of sp³-hybridized carbons (Fsp3) is 0.500. The Kier molecular flexibility index (Phi) is 1.26. The van der Waals surface area contributed by atoms with Crippen LogP contribution in [0.2, 0.25) is 0 Å². The molecule has 5 nitrogen and oxygen atoms in total. The van der Waals surface area contributed by atoms with Crippen molar-refractivity contribution in [3.05, 3.63) is 0 Å². The first kappa shape index (κ1) is 5.87. The van der Waals surface area contributed by atoms with Crippen LogP contribution >= 0.6 is 0 Å². The molecular formula is C4H5N2O3. The van der Waals surface area contributed by atoms with E-state index in [-0.39, 0.29) is 6.54 Å². The van der Waals surface area contributed by atoms with E-state index in [1.807, 2.05) is 0 Å². The third-order valence-electron chi connectivity index (χ3n) is 1.01. The van der Waals surface area contributed by atoms with Crippen LogP contribution in [0.15, 0.2) is 0 Å². The topological polar surface area (TPSA) is 80.5 Å². The number of urea groups is 1. The van der Waals surface area contributed by atoms with Gasteiger partial charge in [-0.1, -0.05) is 0 Å². The molecule has 1 rings (SSSR count). The quantitative estimate of drug-likeness (QED) is 0.465. The molecule has 9 heavy (non-hydrogen) atoms. The Balaban J connectivity index is 2.48. The van der Waals surface area contributed by atoms with E-state index >= 15 is 0 Å². The van der Waals surface area contributed by atoms with Crippen LogP contribution in [0, 0.1) is 0 Å². The Morgan fingerprint density at radius 2 is 2.56 bits per heavy atom. The lowest BCUT2D eigenvalue weighted by molar-refractivity contribution is -0.138. The molecule has 0 aromatic carbocycles. The van der Waals surface area contributed by atoms with Crippen molar-refractivity contribution >= 4 is 12.0 Å². The van der Waals surface area contributed by atoms with Gasteiger partial charge in [-0.2, -0.15) is 0 Å². The second-order valence-corrected chi connectivity index (χ2v) is 1.68. The Morgan fingerprint density at radius 1 is 1.89 bits per heavy atom. The number of nitrogens with one attached hydrogen (secondary N) is 1. The van der Waals surface area contributed by atoms with Gasteiger partial charge in [0.25, 0.3) is 0 Å². The number of aliphatic carboxylic acids is 1. The van der Waals surface area contributed by atoms with Gasteiger partial charge in [-0.25, -0.2) is 14.9 Å². The normalized spacial score (nSPS) is 24.9. The van der Waals surface area contributed by atoms with E-state index in [0.29, 0.717) is 0 Å². The van der Waals surface area contributed by atoms with Crippen molar-refractivity contribution in [2.45, 2.75) is 6.04 Å². The number of carboxylic acids is 1. The summed E-state index contributed by atoms with van der Waals surface area (Å²) in [6, 6.07) is -1.35. The molecule has 1 fully saturated rings. The van der Waals surface area contributed by atoms with Gasteiger partial charge in [-0.3, -0.25) is 0 Å². The predicted octanol–water partition coefficient (Wildman–Crippen LogP) is -1.23. The van der Waals surface area contributed by atoms with Crippen molar-refractivity contribution in [3.8, 4) is 0 Å². The molecule has 0 bridgehead atoms. The minimum Gasteiger partial charge on any atom is -0.480 e. The number of nitrogens with zero attached hydrogens (tertiary/aromatic N) is 1. The third-order valence-corrected chi connectivity index (χ3v) is 1.01. The van der Waals surface area contributed by atoms with Gasteiger partial charge in [0.2, 0.25) is 0 Å². The average Bonchev–Trinajstić information content (AvgIpc) is 2.14. The summed E-state index contributed by atoms with van der Waals surface area (Å²) in [6.07, 6.45) is 0. The van der Waals surface area contributed by atoms with Crippen LogP contribution < -0.4 is 10.6 Å². The second-order valence-electron chi connectivity index (χ2n) is 1.68. The van der Waals surface area contributed by atoms with Crippen LogP contribution in [0.3, 0.4) is 0 Å². The molecule has 0 spiro atoms. The molecule has 1 saturated heterocycles. The highest BCUT2D eigenvalue weighted by Crippen LogP contribution is 1.90.